The summed E-state index contributed by atoms with van der Waals surface area (Å²) in [6.07, 6.45) is 2.25. The predicted molar refractivity (Wildman–Crippen MR) is 61.1 cm³/mol. The van der Waals surface area contributed by atoms with Crippen molar-refractivity contribution in [2.75, 3.05) is 13.1 Å². The van der Waals surface area contributed by atoms with Gasteiger partial charge in [-0.2, -0.15) is 0 Å². The molecule has 1 aliphatic rings. The summed E-state index contributed by atoms with van der Waals surface area (Å²) in [5.41, 5.74) is 0.640. The van der Waals surface area contributed by atoms with Gasteiger partial charge in [-0.3, -0.25) is 0 Å². The maximum Gasteiger partial charge on any atom is 0.140 e. The number of hydrogen-bond acceptors (Lipinski definition) is 4. The highest BCUT2D eigenvalue weighted by molar-refractivity contribution is 5.10. The fourth-order valence-electron chi connectivity index (χ4n) is 2.30. The largest absolute Gasteiger partial charge is 0.390 e. The first kappa shape index (κ1) is 11.6. The lowest BCUT2D eigenvalue weighted by atomic mass is 9.93. The number of piperidine rings is 1. The molecule has 0 amide bonds. The topological polar surface area (TPSA) is 49.5 Å². The SMILES string of the molecule is CC(C)N1CCC(c2cc(CO)no2)CC1. The molecule has 0 atom stereocenters. The molecule has 1 fully saturated rings. The monoisotopic (exact) mass is 224 g/mol. The molecule has 0 saturated carbocycles. The third kappa shape index (κ3) is 2.44. The van der Waals surface area contributed by atoms with E-state index in [1.165, 1.54) is 0 Å². The molecule has 0 aromatic carbocycles. The van der Waals surface area contributed by atoms with Crippen LogP contribution in [-0.2, 0) is 6.61 Å². The number of likely N-dealkylation sites (tertiary alicyclic amines) is 1. The van der Waals surface area contributed by atoms with Crippen LogP contribution in [0.5, 0.6) is 0 Å². The van der Waals surface area contributed by atoms with E-state index in [0.717, 1.165) is 31.7 Å². The van der Waals surface area contributed by atoms with Crippen LogP contribution in [0.15, 0.2) is 10.6 Å². The van der Waals surface area contributed by atoms with Crippen molar-refractivity contribution in [3.63, 3.8) is 0 Å². The quantitative estimate of drug-likeness (QED) is 0.850. The molecule has 0 radical (unpaired) electrons. The van der Waals surface area contributed by atoms with Gasteiger partial charge in [-0.25, -0.2) is 0 Å². The molecule has 0 spiro atoms. The van der Waals surface area contributed by atoms with Crippen molar-refractivity contribution in [2.24, 2.45) is 0 Å². The first-order valence-corrected chi connectivity index (χ1v) is 6.01. The van der Waals surface area contributed by atoms with Gasteiger partial charge in [0.05, 0.1) is 6.61 Å². The van der Waals surface area contributed by atoms with E-state index in [1.807, 2.05) is 6.07 Å². The Labute approximate surface area is 96.2 Å². The molecule has 16 heavy (non-hydrogen) atoms. The summed E-state index contributed by atoms with van der Waals surface area (Å²) in [6, 6.07) is 2.51. The third-order valence-electron chi connectivity index (χ3n) is 3.40. The Hall–Kier alpha value is -0.870. The first-order valence-electron chi connectivity index (χ1n) is 6.01. The first-order chi connectivity index (χ1) is 7.70. The Morgan fingerprint density at radius 2 is 2.19 bits per heavy atom. The van der Waals surface area contributed by atoms with Gasteiger partial charge in [-0.1, -0.05) is 5.16 Å². The third-order valence-corrected chi connectivity index (χ3v) is 3.40. The molecule has 2 heterocycles. The summed E-state index contributed by atoms with van der Waals surface area (Å²) < 4.78 is 5.26. The minimum atomic E-state index is -0.0334. The molecule has 1 N–H and O–H groups in total. The minimum Gasteiger partial charge on any atom is -0.390 e. The van der Waals surface area contributed by atoms with Gasteiger partial charge in [0.15, 0.2) is 0 Å². The maximum atomic E-state index is 8.93. The van der Waals surface area contributed by atoms with Gasteiger partial charge < -0.3 is 14.5 Å². The van der Waals surface area contributed by atoms with Crippen molar-refractivity contribution in [1.29, 1.82) is 0 Å². The van der Waals surface area contributed by atoms with Gasteiger partial charge in [-0.05, 0) is 39.8 Å². The Kier molecular flexibility index (Phi) is 3.61. The molecule has 0 unspecified atom stereocenters. The lowest BCUT2D eigenvalue weighted by Gasteiger charge is -2.33. The molecule has 4 heteroatoms. The highest BCUT2D eigenvalue weighted by atomic mass is 16.5. The lowest BCUT2D eigenvalue weighted by molar-refractivity contribution is 0.161. The van der Waals surface area contributed by atoms with Gasteiger partial charge in [0, 0.05) is 18.0 Å². The van der Waals surface area contributed by atoms with Crippen LogP contribution in [0.3, 0.4) is 0 Å². The Bertz CT molecular complexity index is 328. The van der Waals surface area contributed by atoms with E-state index in [0.29, 0.717) is 17.7 Å². The van der Waals surface area contributed by atoms with Crippen LogP contribution in [0.4, 0.5) is 0 Å². The van der Waals surface area contributed by atoms with E-state index >= 15 is 0 Å². The van der Waals surface area contributed by atoms with Crippen LogP contribution < -0.4 is 0 Å². The van der Waals surface area contributed by atoms with E-state index in [2.05, 4.69) is 23.9 Å². The standard InChI is InChI=1S/C12H20N2O2/c1-9(2)14-5-3-10(4-6-14)12-7-11(8-15)13-16-12/h7,9-10,15H,3-6,8H2,1-2H3. The van der Waals surface area contributed by atoms with Gasteiger partial charge in [0.1, 0.15) is 11.5 Å². The molecular weight excluding hydrogens is 204 g/mol. The number of aliphatic hydroxyl groups excluding tert-OH is 1. The molecule has 2 rings (SSSR count). The Morgan fingerprint density at radius 3 is 2.69 bits per heavy atom. The average molecular weight is 224 g/mol. The van der Waals surface area contributed by atoms with E-state index in [4.69, 9.17) is 9.63 Å². The van der Waals surface area contributed by atoms with Gasteiger partial charge in [0.2, 0.25) is 0 Å². The van der Waals surface area contributed by atoms with Crippen LogP contribution in [0, 0.1) is 0 Å². The zero-order chi connectivity index (χ0) is 11.5. The van der Waals surface area contributed by atoms with Crippen LogP contribution in [0.2, 0.25) is 0 Å². The highest BCUT2D eigenvalue weighted by Crippen LogP contribution is 2.29. The number of aliphatic hydroxyl groups is 1. The molecule has 1 saturated heterocycles. The summed E-state index contributed by atoms with van der Waals surface area (Å²) >= 11 is 0. The molecule has 4 nitrogen and oxygen atoms in total. The summed E-state index contributed by atoms with van der Waals surface area (Å²) in [7, 11) is 0. The zero-order valence-electron chi connectivity index (χ0n) is 10.0. The fourth-order valence-corrected chi connectivity index (χ4v) is 2.30. The van der Waals surface area contributed by atoms with Gasteiger partial charge in [0.25, 0.3) is 0 Å². The second-order valence-corrected chi connectivity index (χ2v) is 4.78. The van der Waals surface area contributed by atoms with Crippen molar-refractivity contribution < 1.29 is 9.63 Å². The summed E-state index contributed by atoms with van der Waals surface area (Å²) in [5, 5.41) is 12.8. The number of hydrogen-bond donors (Lipinski definition) is 1. The molecule has 1 aliphatic heterocycles. The average Bonchev–Trinajstić information content (AvgIpc) is 2.77. The predicted octanol–water partition coefficient (Wildman–Crippen LogP) is 1.75. The molecule has 0 bridgehead atoms. The number of aromatic nitrogens is 1. The van der Waals surface area contributed by atoms with E-state index in [-0.39, 0.29) is 6.61 Å². The number of nitrogens with zero attached hydrogens (tertiary/aromatic N) is 2. The van der Waals surface area contributed by atoms with Crippen molar-refractivity contribution in [3.05, 3.63) is 17.5 Å². The molecule has 0 aliphatic carbocycles. The van der Waals surface area contributed by atoms with Crippen LogP contribution in [0.1, 0.15) is 44.1 Å². The fraction of sp³-hybridized carbons (Fsp3) is 0.750. The maximum absolute atomic E-state index is 8.93. The van der Waals surface area contributed by atoms with Crippen LogP contribution in [-0.4, -0.2) is 34.3 Å². The normalized spacial score (nSPS) is 19.5. The van der Waals surface area contributed by atoms with E-state index in [9.17, 15) is 0 Å². The van der Waals surface area contributed by atoms with Crippen molar-refractivity contribution >= 4 is 0 Å². The van der Waals surface area contributed by atoms with Crippen molar-refractivity contribution in [1.82, 2.24) is 10.1 Å². The zero-order valence-corrected chi connectivity index (χ0v) is 10.0. The second kappa shape index (κ2) is 4.97. The highest BCUT2D eigenvalue weighted by Gasteiger charge is 2.24. The summed E-state index contributed by atoms with van der Waals surface area (Å²) in [6.45, 7) is 6.68. The van der Waals surface area contributed by atoms with Crippen molar-refractivity contribution in [3.8, 4) is 0 Å². The van der Waals surface area contributed by atoms with Crippen LogP contribution >= 0.6 is 0 Å². The summed E-state index contributed by atoms with van der Waals surface area (Å²) in [5.74, 6) is 1.41. The number of rotatable bonds is 3. The minimum absolute atomic E-state index is 0.0334. The van der Waals surface area contributed by atoms with E-state index < -0.39 is 0 Å². The Morgan fingerprint density at radius 1 is 1.50 bits per heavy atom. The Balaban J connectivity index is 1.93. The second-order valence-electron chi connectivity index (χ2n) is 4.78. The molecule has 90 valence electrons. The van der Waals surface area contributed by atoms with Crippen LogP contribution in [0.25, 0.3) is 0 Å². The lowest BCUT2D eigenvalue weighted by Crippen LogP contribution is -2.37. The smallest absolute Gasteiger partial charge is 0.140 e. The summed E-state index contributed by atoms with van der Waals surface area (Å²) in [4.78, 5) is 2.49. The van der Waals surface area contributed by atoms with E-state index in [1.54, 1.807) is 0 Å². The van der Waals surface area contributed by atoms with Crippen molar-refractivity contribution in [2.45, 2.75) is 45.3 Å². The van der Waals surface area contributed by atoms with Gasteiger partial charge >= 0.3 is 0 Å². The molecule has 1 aromatic rings. The van der Waals surface area contributed by atoms with Gasteiger partial charge in [-0.15, -0.1) is 0 Å². The molecule has 1 aromatic heterocycles. The molecular formula is C12H20N2O2.